The number of aryl methyl sites for hydroxylation is 1. The highest BCUT2D eigenvalue weighted by molar-refractivity contribution is 9.11. The summed E-state index contributed by atoms with van der Waals surface area (Å²) in [5.41, 5.74) is 3.32. The normalized spacial score (nSPS) is 14.4. The largest absolute Gasteiger partial charge is 0.366 e. The van der Waals surface area contributed by atoms with Crippen LogP contribution < -0.4 is 4.90 Å². The van der Waals surface area contributed by atoms with Crippen LogP contribution in [0.5, 0.6) is 0 Å². The van der Waals surface area contributed by atoms with Gasteiger partial charge in [-0.15, -0.1) is 0 Å². The second kappa shape index (κ2) is 5.05. The molecule has 1 aliphatic heterocycles. The number of benzene rings is 1. The Morgan fingerprint density at radius 1 is 1.53 bits per heavy atom. The van der Waals surface area contributed by atoms with Gasteiger partial charge in [0.25, 0.3) is 0 Å². The molecule has 0 spiro atoms. The van der Waals surface area contributed by atoms with Crippen LogP contribution in [0, 0.1) is 0 Å². The van der Waals surface area contributed by atoms with Crippen molar-refractivity contribution in [1.82, 2.24) is 0 Å². The molecule has 17 heavy (non-hydrogen) atoms. The summed E-state index contributed by atoms with van der Waals surface area (Å²) in [5, 5.41) is 0. The van der Waals surface area contributed by atoms with Crippen molar-refractivity contribution in [1.29, 1.82) is 0 Å². The fourth-order valence-electron chi connectivity index (χ4n) is 2.27. The second-order valence-electron chi connectivity index (χ2n) is 4.44. The van der Waals surface area contributed by atoms with Gasteiger partial charge in [-0.25, -0.2) is 0 Å². The van der Waals surface area contributed by atoms with Gasteiger partial charge >= 0.3 is 0 Å². The van der Waals surface area contributed by atoms with Crippen LogP contribution >= 0.6 is 15.9 Å². The monoisotopic (exact) mass is 293 g/mol. The maximum Gasteiger partial charge on any atom is 0.159 e. The van der Waals surface area contributed by atoms with Gasteiger partial charge in [0.15, 0.2) is 5.78 Å². The van der Waals surface area contributed by atoms with Gasteiger partial charge in [0.2, 0.25) is 0 Å². The van der Waals surface area contributed by atoms with Crippen molar-refractivity contribution in [3.8, 4) is 0 Å². The van der Waals surface area contributed by atoms with E-state index in [9.17, 15) is 4.79 Å². The van der Waals surface area contributed by atoms with Crippen LogP contribution in [-0.4, -0.2) is 18.9 Å². The van der Waals surface area contributed by atoms with Crippen LogP contribution in [-0.2, 0) is 6.42 Å². The van der Waals surface area contributed by atoms with E-state index in [-0.39, 0.29) is 5.78 Å². The summed E-state index contributed by atoms with van der Waals surface area (Å²) >= 11 is 3.41. The summed E-state index contributed by atoms with van der Waals surface area (Å²) in [6.45, 7) is 7.38. The first-order chi connectivity index (χ1) is 8.08. The van der Waals surface area contributed by atoms with E-state index < -0.39 is 0 Å². The minimum Gasteiger partial charge on any atom is -0.366 e. The summed E-state index contributed by atoms with van der Waals surface area (Å²) in [7, 11) is 0. The topological polar surface area (TPSA) is 20.3 Å². The highest BCUT2D eigenvalue weighted by Gasteiger charge is 2.17. The smallest absolute Gasteiger partial charge is 0.159 e. The Kier molecular flexibility index (Phi) is 3.67. The van der Waals surface area contributed by atoms with Crippen molar-refractivity contribution >= 4 is 27.4 Å². The number of rotatable bonds is 3. The Bertz CT molecular complexity index is 467. The molecule has 0 fully saturated rings. The standard InChI is InChI=1S/C14H16BrNO/c1-10(15)9-16-7-3-4-13-8-12(11(2)17)5-6-14(13)16/h5-6,8H,1,3-4,7,9H2,2H3. The van der Waals surface area contributed by atoms with Crippen LogP contribution in [0.25, 0.3) is 0 Å². The molecule has 0 amide bonds. The average Bonchev–Trinajstić information content (AvgIpc) is 2.28. The molecule has 0 saturated heterocycles. The number of fused-ring (bicyclic) bond motifs is 1. The molecule has 1 aliphatic rings. The summed E-state index contributed by atoms with van der Waals surface area (Å²) in [5.74, 6) is 0.134. The van der Waals surface area contributed by atoms with Gasteiger partial charge in [0.1, 0.15) is 0 Å². The van der Waals surface area contributed by atoms with Crippen molar-refractivity contribution in [3.63, 3.8) is 0 Å². The van der Waals surface area contributed by atoms with Gasteiger partial charge in [-0.1, -0.05) is 22.5 Å². The number of hydrogen-bond donors (Lipinski definition) is 0. The van der Waals surface area contributed by atoms with Gasteiger partial charge in [-0.05, 0) is 43.5 Å². The first kappa shape index (κ1) is 12.4. The van der Waals surface area contributed by atoms with Crippen molar-refractivity contribution in [2.24, 2.45) is 0 Å². The van der Waals surface area contributed by atoms with Gasteiger partial charge in [0, 0.05) is 28.8 Å². The zero-order valence-electron chi connectivity index (χ0n) is 10.0. The first-order valence-electron chi connectivity index (χ1n) is 5.80. The predicted molar refractivity (Wildman–Crippen MR) is 75.0 cm³/mol. The van der Waals surface area contributed by atoms with E-state index in [4.69, 9.17) is 0 Å². The molecule has 1 heterocycles. The minimum atomic E-state index is 0.134. The highest BCUT2D eigenvalue weighted by atomic mass is 79.9. The molecule has 0 aromatic heterocycles. The molecule has 0 unspecified atom stereocenters. The molecule has 0 N–H and O–H groups in total. The number of anilines is 1. The number of nitrogens with zero attached hydrogens (tertiary/aromatic N) is 1. The van der Waals surface area contributed by atoms with Crippen LogP contribution in [0.2, 0.25) is 0 Å². The summed E-state index contributed by atoms with van der Waals surface area (Å²) < 4.78 is 0.987. The van der Waals surface area contributed by atoms with Crippen LogP contribution in [0.3, 0.4) is 0 Å². The van der Waals surface area contributed by atoms with E-state index in [0.717, 1.165) is 36.0 Å². The molecule has 90 valence electrons. The second-order valence-corrected chi connectivity index (χ2v) is 5.56. The lowest BCUT2D eigenvalue weighted by molar-refractivity contribution is 0.101. The number of halogens is 1. The molecule has 2 rings (SSSR count). The third-order valence-electron chi connectivity index (χ3n) is 3.06. The van der Waals surface area contributed by atoms with E-state index in [1.807, 2.05) is 12.1 Å². The van der Waals surface area contributed by atoms with Gasteiger partial charge in [-0.3, -0.25) is 4.79 Å². The molecule has 1 aromatic carbocycles. The van der Waals surface area contributed by atoms with Crippen molar-refractivity contribution in [2.45, 2.75) is 19.8 Å². The fourth-order valence-corrected chi connectivity index (χ4v) is 2.57. The number of carbonyl (C=O) groups excluding carboxylic acids is 1. The first-order valence-corrected chi connectivity index (χ1v) is 6.59. The quantitative estimate of drug-likeness (QED) is 0.795. The van der Waals surface area contributed by atoms with Gasteiger partial charge < -0.3 is 4.90 Å². The lowest BCUT2D eigenvalue weighted by atomic mass is 9.98. The SMILES string of the molecule is C=C(Br)CN1CCCc2cc(C(C)=O)ccc21. The number of ketones is 1. The van der Waals surface area contributed by atoms with Gasteiger partial charge in [0.05, 0.1) is 0 Å². The Labute approximate surface area is 110 Å². The lowest BCUT2D eigenvalue weighted by Crippen LogP contribution is -2.30. The van der Waals surface area contributed by atoms with E-state index in [1.54, 1.807) is 6.92 Å². The predicted octanol–water partition coefficient (Wildman–Crippen LogP) is 3.55. The molecule has 2 nitrogen and oxygen atoms in total. The number of hydrogen-bond acceptors (Lipinski definition) is 2. The molecule has 3 heteroatoms. The summed E-state index contributed by atoms with van der Waals surface area (Å²) in [4.78, 5) is 13.7. The lowest BCUT2D eigenvalue weighted by Gasteiger charge is -2.31. The maximum atomic E-state index is 11.4. The fraction of sp³-hybridized carbons (Fsp3) is 0.357. The van der Waals surface area contributed by atoms with Crippen molar-refractivity contribution in [3.05, 3.63) is 40.4 Å². The Balaban J connectivity index is 2.33. The van der Waals surface area contributed by atoms with Crippen molar-refractivity contribution in [2.75, 3.05) is 18.0 Å². The third kappa shape index (κ3) is 2.78. The Morgan fingerprint density at radius 3 is 2.94 bits per heavy atom. The highest BCUT2D eigenvalue weighted by Crippen LogP contribution is 2.29. The van der Waals surface area contributed by atoms with E-state index in [2.05, 4.69) is 33.5 Å². The maximum absolute atomic E-state index is 11.4. The van der Waals surface area contributed by atoms with Crippen molar-refractivity contribution < 1.29 is 4.79 Å². The minimum absolute atomic E-state index is 0.134. The molecule has 0 atom stereocenters. The Hall–Kier alpha value is -1.09. The zero-order chi connectivity index (χ0) is 12.4. The van der Waals surface area contributed by atoms with Crippen LogP contribution in [0.4, 0.5) is 5.69 Å². The average molecular weight is 294 g/mol. The molecule has 0 radical (unpaired) electrons. The van der Waals surface area contributed by atoms with Gasteiger partial charge in [-0.2, -0.15) is 0 Å². The summed E-state index contributed by atoms with van der Waals surface area (Å²) in [6.07, 6.45) is 2.19. The van der Waals surface area contributed by atoms with Crippen LogP contribution in [0.1, 0.15) is 29.3 Å². The van der Waals surface area contributed by atoms with E-state index in [0.29, 0.717) is 0 Å². The Morgan fingerprint density at radius 2 is 2.29 bits per heavy atom. The molecule has 0 saturated carbocycles. The molecular weight excluding hydrogens is 278 g/mol. The zero-order valence-corrected chi connectivity index (χ0v) is 11.6. The van der Waals surface area contributed by atoms with Crippen LogP contribution in [0.15, 0.2) is 29.3 Å². The molecule has 1 aromatic rings. The number of carbonyl (C=O) groups is 1. The van der Waals surface area contributed by atoms with E-state index >= 15 is 0 Å². The number of Topliss-reactive ketones (excluding diaryl/α,β-unsaturated/α-hetero) is 1. The third-order valence-corrected chi connectivity index (χ3v) is 3.31. The van der Waals surface area contributed by atoms with E-state index in [1.165, 1.54) is 11.3 Å². The molecular formula is C14H16BrNO. The summed E-state index contributed by atoms with van der Waals surface area (Å²) in [6, 6.07) is 6.00. The molecule has 0 aliphatic carbocycles. The molecule has 0 bridgehead atoms.